The number of hydrogen-bond donors (Lipinski definition) is 2. The minimum absolute atomic E-state index is 0.482. The Kier molecular flexibility index (Phi) is 5.81. The minimum atomic E-state index is 0.482. The van der Waals surface area contributed by atoms with Gasteiger partial charge in [-0.2, -0.15) is 0 Å². The summed E-state index contributed by atoms with van der Waals surface area (Å²) < 4.78 is 0. The number of benzene rings is 1. The van der Waals surface area contributed by atoms with Gasteiger partial charge < -0.3 is 10.6 Å². The fourth-order valence-corrected chi connectivity index (χ4v) is 1.66. The van der Waals surface area contributed by atoms with Crippen LogP contribution in [0.15, 0.2) is 18.2 Å². The summed E-state index contributed by atoms with van der Waals surface area (Å²) in [5.74, 6) is 0. The molecular weight excluding hydrogens is 220 g/mol. The zero-order valence-electron chi connectivity index (χ0n) is 10.3. The number of halogens is 1. The van der Waals surface area contributed by atoms with E-state index >= 15 is 0 Å². The zero-order chi connectivity index (χ0) is 12.0. The second kappa shape index (κ2) is 6.89. The fraction of sp³-hybridized carbons (Fsp3) is 0.538. The third-order valence-corrected chi connectivity index (χ3v) is 3.00. The third-order valence-electron chi connectivity index (χ3n) is 2.58. The van der Waals surface area contributed by atoms with E-state index in [0.29, 0.717) is 6.04 Å². The van der Waals surface area contributed by atoms with Crippen molar-refractivity contribution in [2.45, 2.75) is 33.4 Å². The van der Waals surface area contributed by atoms with Gasteiger partial charge in [0.25, 0.3) is 0 Å². The molecule has 2 nitrogen and oxygen atoms in total. The molecule has 0 aliphatic rings. The van der Waals surface area contributed by atoms with Crippen molar-refractivity contribution in [3.05, 3.63) is 34.3 Å². The molecule has 90 valence electrons. The van der Waals surface area contributed by atoms with Gasteiger partial charge >= 0.3 is 0 Å². The van der Waals surface area contributed by atoms with Crippen LogP contribution in [0.25, 0.3) is 0 Å². The Bertz CT molecular complexity index is 326. The largest absolute Gasteiger partial charge is 0.315 e. The van der Waals surface area contributed by atoms with E-state index in [0.717, 1.165) is 30.2 Å². The normalized spacial score (nSPS) is 12.8. The summed E-state index contributed by atoms with van der Waals surface area (Å²) in [4.78, 5) is 0. The molecule has 0 spiro atoms. The summed E-state index contributed by atoms with van der Waals surface area (Å²) in [7, 11) is 0. The molecule has 3 heteroatoms. The zero-order valence-corrected chi connectivity index (χ0v) is 11.1. The average Bonchev–Trinajstić information content (AvgIpc) is 2.28. The molecule has 16 heavy (non-hydrogen) atoms. The Morgan fingerprint density at radius 1 is 1.38 bits per heavy atom. The molecule has 1 aromatic carbocycles. The van der Waals surface area contributed by atoms with Gasteiger partial charge in [0.05, 0.1) is 0 Å². The lowest BCUT2D eigenvalue weighted by Gasteiger charge is -2.14. The quantitative estimate of drug-likeness (QED) is 0.799. The number of likely N-dealkylation sites (N-methyl/N-ethyl adjacent to an activating group) is 1. The highest BCUT2D eigenvalue weighted by Crippen LogP contribution is 2.16. The molecule has 1 atom stereocenters. The average molecular weight is 241 g/mol. The Morgan fingerprint density at radius 3 is 2.75 bits per heavy atom. The van der Waals surface area contributed by atoms with Crippen LogP contribution in [0.1, 0.15) is 25.0 Å². The molecule has 0 aliphatic heterocycles. The van der Waals surface area contributed by atoms with Gasteiger partial charge in [-0.15, -0.1) is 0 Å². The van der Waals surface area contributed by atoms with Gasteiger partial charge in [-0.3, -0.25) is 0 Å². The van der Waals surface area contributed by atoms with Crippen molar-refractivity contribution < 1.29 is 0 Å². The highest BCUT2D eigenvalue weighted by molar-refractivity contribution is 6.31. The van der Waals surface area contributed by atoms with Crippen LogP contribution in [-0.4, -0.2) is 19.1 Å². The molecule has 1 aromatic rings. The van der Waals surface area contributed by atoms with E-state index in [9.17, 15) is 0 Å². The topological polar surface area (TPSA) is 24.1 Å². The van der Waals surface area contributed by atoms with E-state index in [4.69, 9.17) is 11.6 Å². The van der Waals surface area contributed by atoms with E-state index in [1.165, 1.54) is 5.56 Å². The van der Waals surface area contributed by atoms with E-state index in [2.05, 4.69) is 36.6 Å². The monoisotopic (exact) mass is 240 g/mol. The lowest BCUT2D eigenvalue weighted by Crippen LogP contribution is -2.35. The highest BCUT2D eigenvalue weighted by atomic mass is 35.5. The van der Waals surface area contributed by atoms with Crippen molar-refractivity contribution in [2.24, 2.45) is 0 Å². The van der Waals surface area contributed by atoms with Gasteiger partial charge in [0.1, 0.15) is 0 Å². The molecule has 0 heterocycles. The Balaban J connectivity index is 2.39. The number of hydrogen-bond acceptors (Lipinski definition) is 2. The van der Waals surface area contributed by atoms with Crippen LogP contribution in [0.4, 0.5) is 0 Å². The van der Waals surface area contributed by atoms with E-state index in [-0.39, 0.29) is 0 Å². The molecular formula is C13H21ClN2. The maximum Gasteiger partial charge on any atom is 0.0435 e. The van der Waals surface area contributed by atoms with Gasteiger partial charge in [-0.05, 0) is 37.6 Å². The van der Waals surface area contributed by atoms with Crippen LogP contribution < -0.4 is 10.6 Å². The molecule has 0 radical (unpaired) electrons. The summed E-state index contributed by atoms with van der Waals surface area (Å²) in [6.07, 6.45) is 0. The van der Waals surface area contributed by atoms with Crippen LogP contribution in [0, 0.1) is 6.92 Å². The van der Waals surface area contributed by atoms with Crippen molar-refractivity contribution in [3.8, 4) is 0 Å². The van der Waals surface area contributed by atoms with Crippen LogP contribution in [0.2, 0.25) is 5.02 Å². The van der Waals surface area contributed by atoms with Crippen molar-refractivity contribution >= 4 is 11.6 Å². The first-order valence-electron chi connectivity index (χ1n) is 5.82. The van der Waals surface area contributed by atoms with Gasteiger partial charge in [-0.1, -0.05) is 30.7 Å². The summed E-state index contributed by atoms with van der Waals surface area (Å²) >= 11 is 5.98. The molecule has 1 rings (SSSR count). The molecule has 1 unspecified atom stereocenters. The highest BCUT2D eigenvalue weighted by Gasteiger charge is 2.01. The van der Waals surface area contributed by atoms with Gasteiger partial charge in [0.15, 0.2) is 0 Å². The van der Waals surface area contributed by atoms with Crippen molar-refractivity contribution in [1.82, 2.24) is 10.6 Å². The second-order valence-corrected chi connectivity index (χ2v) is 4.58. The summed E-state index contributed by atoms with van der Waals surface area (Å²) in [6, 6.07) is 6.65. The third kappa shape index (κ3) is 4.52. The first-order valence-corrected chi connectivity index (χ1v) is 6.20. The molecule has 0 aromatic heterocycles. The summed E-state index contributed by atoms with van der Waals surface area (Å²) in [5, 5.41) is 7.63. The van der Waals surface area contributed by atoms with E-state index in [1.54, 1.807) is 0 Å². The molecule has 0 saturated heterocycles. The Labute approximate surface area is 103 Å². The predicted octanol–water partition coefficient (Wildman–Crippen LogP) is 2.74. The maximum absolute atomic E-state index is 5.98. The molecule has 0 bridgehead atoms. The minimum Gasteiger partial charge on any atom is -0.315 e. The van der Waals surface area contributed by atoms with Crippen molar-refractivity contribution in [2.75, 3.05) is 13.1 Å². The van der Waals surface area contributed by atoms with Crippen LogP contribution in [0.3, 0.4) is 0 Å². The summed E-state index contributed by atoms with van der Waals surface area (Å²) in [6.45, 7) is 9.26. The van der Waals surface area contributed by atoms with Crippen LogP contribution in [0.5, 0.6) is 0 Å². The van der Waals surface area contributed by atoms with E-state index in [1.807, 2.05) is 13.0 Å². The predicted molar refractivity (Wildman–Crippen MR) is 71.0 cm³/mol. The molecule has 0 fully saturated rings. The van der Waals surface area contributed by atoms with E-state index < -0.39 is 0 Å². The lowest BCUT2D eigenvalue weighted by molar-refractivity contribution is 0.509. The standard InChI is InChI=1S/C13H21ClN2/c1-4-15-8-11(3)16-9-12-5-6-13(14)10(2)7-12/h5-7,11,15-16H,4,8-9H2,1-3H3. The molecule has 0 aliphatic carbocycles. The fourth-order valence-electron chi connectivity index (χ4n) is 1.54. The maximum atomic E-state index is 5.98. The van der Waals surface area contributed by atoms with Crippen molar-refractivity contribution in [3.63, 3.8) is 0 Å². The van der Waals surface area contributed by atoms with Crippen LogP contribution in [-0.2, 0) is 6.54 Å². The smallest absolute Gasteiger partial charge is 0.0435 e. The van der Waals surface area contributed by atoms with Gasteiger partial charge in [-0.25, -0.2) is 0 Å². The summed E-state index contributed by atoms with van der Waals surface area (Å²) in [5.41, 5.74) is 2.42. The molecule has 0 saturated carbocycles. The van der Waals surface area contributed by atoms with Crippen LogP contribution >= 0.6 is 11.6 Å². The number of rotatable bonds is 6. The molecule has 2 N–H and O–H groups in total. The second-order valence-electron chi connectivity index (χ2n) is 4.17. The Morgan fingerprint density at radius 2 is 2.12 bits per heavy atom. The van der Waals surface area contributed by atoms with Gasteiger partial charge in [0, 0.05) is 24.2 Å². The molecule has 0 amide bonds. The SMILES string of the molecule is CCNCC(C)NCc1ccc(Cl)c(C)c1. The first kappa shape index (κ1) is 13.5. The number of nitrogens with one attached hydrogen (secondary N) is 2. The van der Waals surface area contributed by atoms with Crippen molar-refractivity contribution in [1.29, 1.82) is 0 Å². The first-order chi connectivity index (χ1) is 7.63. The Hall–Kier alpha value is -0.570. The van der Waals surface area contributed by atoms with Gasteiger partial charge in [0.2, 0.25) is 0 Å². The number of aryl methyl sites for hydroxylation is 1. The lowest BCUT2D eigenvalue weighted by atomic mass is 10.1.